The Morgan fingerprint density at radius 1 is 1.11 bits per heavy atom. The average molecular weight is 375 g/mol. The molecular formula is C23H21NO2S. The first-order chi connectivity index (χ1) is 13.1. The first kappa shape index (κ1) is 16.6. The summed E-state index contributed by atoms with van der Waals surface area (Å²) in [5.41, 5.74) is 4.79. The number of hydrogen-bond donors (Lipinski definition) is 2. The summed E-state index contributed by atoms with van der Waals surface area (Å²) in [6, 6.07) is 12.4. The van der Waals surface area contributed by atoms with Gasteiger partial charge >= 0.3 is 0 Å². The van der Waals surface area contributed by atoms with Crippen LogP contribution in [0.2, 0.25) is 0 Å². The van der Waals surface area contributed by atoms with E-state index in [0.717, 1.165) is 33.0 Å². The summed E-state index contributed by atoms with van der Waals surface area (Å²) >= 11 is 1.44. The Labute approximate surface area is 161 Å². The summed E-state index contributed by atoms with van der Waals surface area (Å²) < 4.78 is 0.705. The van der Waals surface area contributed by atoms with Crippen molar-refractivity contribution in [3.05, 3.63) is 63.3 Å². The van der Waals surface area contributed by atoms with Crippen LogP contribution >= 0.6 is 11.3 Å². The Morgan fingerprint density at radius 2 is 1.85 bits per heavy atom. The van der Waals surface area contributed by atoms with E-state index in [1.54, 1.807) is 6.07 Å². The molecular weight excluding hydrogens is 354 g/mol. The lowest BCUT2D eigenvalue weighted by atomic mass is 9.92. The molecule has 1 saturated carbocycles. The number of aromatic amines is 1. The van der Waals surface area contributed by atoms with Crippen LogP contribution in [0.5, 0.6) is 5.75 Å². The number of aromatic nitrogens is 1. The lowest BCUT2D eigenvalue weighted by molar-refractivity contribution is 0.477. The molecule has 2 heterocycles. The number of fused-ring (bicyclic) bond motifs is 3. The summed E-state index contributed by atoms with van der Waals surface area (Å²) in [5, 5.41) is 14.6. The van der Waals surface area contributed by atoms with E-state index >= 15 is 0 Å². The predicted octanol–water partition coefficient (Wildman–Crippen LogP) is 6.08. The van der Waals surface area contributed by atoms with E-state index in [-0.39, 0.29) is 11.3 Å². The highest BCUT2D eigenvalue weighted by Gasteiger charge is 2.19. The number of aryl methyl sites for hydroxylation is 1. The summed E-state index contributed by atoms with van der Waals surface area (Å²) in [6.45, 7) is 1.92. The van der Waals surface area contributed by atoms with Crippen LogP contribution in [-0.2, 0) is 0 Å². The van der Waals surface area contributed by atoms with Gasteiger partial charge in [0, 0.05) is 16.3 Å². The van der Waals surface area contributed by atoms with E-state index in [2.05, 4.69) is 29.2 Å². The summed E-state index contributed by atoms with van der Waals surface area (Å²) in [6.07, 6.45) is 5.18. The third-order valence-corrected chi connectivity index (χ3v) is 6.82. The third kappa shape index (κ3) is 2.59. The normalized spacial score (nSPS) is 15.1. The molecule has 2 aromatic heterocycles. The van der Waals surface area contributed by atoms with Crippen molar-refractivity contribution >= 4 is 32.3 Å². The first-order valence-corrected chi connectivity index (χ1v) is 10.4. The molecule has 27 heavy (non-hydrogen) atoms. The van der Waals surface area contributed by atoms with Gasteiger partial charge in [0.2, 0.25) is 0 Å². The van der Waals surface area contributed by atoms with Gasteiger partial charge in [-0.05, 0) is 59.9 Å². The highest BCUT2D eigenvalue weighted by atomic mass is 32.1. The molecule has 0 spiro atoms. The number of H-pyrrole nitrogens is 1. The summed E-state index contributed by atoms with van der Waals surface area (Å²) in [4.78, 5) is 15.4. The largest absolute Gasteiger partial charge is 0.507 e. The quantitative estimate of drug-likeness (QED) is 0.446. The molecule has 3 nitrogen and oxygen atoms in total. The molecule has 1 aliphatic rings. The van der Waals surface area contributed by atoms with Crippen LogP contribution in [0.3, 0.4) is 0 Å². The maximum atomic E-state index is 12.4. The zero-order valence-corrected chi connectivity index (χ0v) is 16.0. The Hall–Kier alpha value is -2.59. The van der Waals surface area contributed by atoms with Crippen molar-refractivity contribution in [3.63, 3.8) is 0 Å². The van der Waals surface area contributed by atoms with Crippen LogP contribution in [0.4, 0.5) is 0 Å². The van der Waals surface area contributed by atoms with Crippen LogP contribution in [0.1, 0.15) is 42.7 Å². The predicted molar refractivity (Wildman–Crippen MR) is 113 cm³/mol. The van der Waals surface area contributed by atoms with Crippen molar-refractivity contribution in [2.45, 2.75) is 38.5 Å². The Bertz CT molecular complexity index is 1210. The van der Waals surface area contributed by atoms with Crippen molar-refractivity contribution in [2.75, 3.05) is 0 Å². The number of thiophene rings is 1. The molecule has 0 aliphatic heterocycles. The van der Waals surface area contributed by atoms with Crippen molar-refractivity contribution in [1.82, 2.24) is 4.98 Å². The molecule has 0 unspecified atom stereocenters. The molecule has 1 aliphatic carbocycles. The molecule has 0 atom stereocenters. The number of phenols is 1. The minimum atomic E-state index is -0.0659. The minimum absolute atomic E-state index is 0.0659. The van der Waals surface area contributed by atoms with E-state index in [0.29, 0.717) is 10.6 Å². The van der Waals surface area contributed by atoms with E-state index in [1.165, 1.54) is 42.6 Å². The molecule has 0 saturated heterocycles. The van der Waals surface area contributed by atoms with Gasteiger partial charge in [-0.2, -0.15) is 0 Å². The zero-order chi connectivity index (χ0) is 18.5. The van der Waals surface area contributed by atoms with Gasteiger partial charge in [-0.3, -0.25) is 4.79 Å². The van der Waals surface area contributed by atoms with Crippen molar-refractivity contribution in [2.24, 2.45) is 0 Å². The van der Waals surface area contributed by atoms with Gasteiger partial charge in [0.15, 0.2) is 0 Å². The second-order valence-electron chi connectivity index (χ2n) is 7.56. The number of rotatable bonds is 2. The number of hydrogen-bond acceptors (Lipinski definition) is 3. The van der Waals surface area contributed by atoms with Crippen LogP contribution in [0.25, 0.3) is 32.1 Å². The molecule has 2 N–H and O–H groups in total. The fourth-order valence-corrected chi connectivity index (χ4v) is 5.35. The van der Waals surface area contributed by atoms with Crippen LogP contribution in [0.15, 0.2) is 46.6 Å². The fourth-order valence-electron chi connectivity index (χ4n) is 4.56. The molecule has 0 bridgehead atoms. The lowest BCUT2D eigenvalue weighted by Gasteiger charge is -2.15. The molecule has 2 aromatic carbocycles. The summed E-state index contributed by atoms with van der Waals surface area (Å²) in [5.74, 6) is 0.926. The van der Waals surface area contributed by atoms with Crippen LogP contribution < -0.4 is 5.56 Å². The topological polar surface area (TPSA) is 53.1 Å². The maximum Gasteiger partial charge on any atom is 0.266 e. The van der Waals surface area contributed by atoms with E-state index in [9.17, 15) is 9.90 Å². The zero-order valence-electron chi connectivity index (χ0n) is 15.2. The number of pyridine rings is 1. The summed E-state index contributed by atoms with van der Waals surface area (Å²) in [7, 11) is 0. The van der Waals surface area contributed by atoms with E-state index in [4.69, 9.17) is 0 Å². The van der Waals surface area contributed by atoms with Crippen molar-refractivity contribution in [3.8, 4) is 16.9 Å². The highest BCUT2D eigenvalue weighted by Crippen LogP contribution is 2.42. The van der Waals surface area contributed by atoms with Crippen molar-refractivity contribution < 1.29 is 5.11 Å². The minimum Gasteiger partial charge on any atom is -0.507 e. The van der Waals surface area contributed by atoms with Crippen LogP contribution in [-0.4, -0.2) is 10.1 Å². The first-order valence-electron chi connectivity index (χ1n) is 9.49. The Kier molecular flexibility index (Phi) is 3.83. The molecule has 5 rings (SSSR count). The van der Waals surface area contributed by atoms with Gasteiger partial charge in [-0.15, -0.1) is 11.3 Å². The maximum absolute atomic E-state index is 12.4. The molecule has 1 fully saturated rings. The molecule has 136 valence electrons. The molecule has 4 aromatic rings. The molecule has 0 amide bonds. The van der Waals surface area contributed by atoms with Crippen LogP contribution in [0, 0.1) is 6.92 Å². The monoisotopic (exact) mass is 375 g/mol. The standard InChI is InChI=1S/C23H21NO2S/c1-13-12-18(25)19(16-8-6-15(7-9-16)14-4-2-3-5-14)20-17-10-11-27-22(17)23(26)24-21(13)20/h6-12,14,25H,2-5H2,1H3,(H,24,26). The number of phenolic OH excluding ortho intramolecular Hbond substituents is 1. The lowest BCUT2D eigenvalue weighted by Crippen LogP contribution is -2.05. The van der Waals surface area contributed by atoms with Gasteiger partial charge < -0.3 is 10.1 Å². The number of aromatic hydroxyl groups is 1. The average Bonchev–Trinajstić information content (AvgIpc) is 3.35. The van der Waals surface area contributed by atoms with Gasteiger partial charge in [-0.1, -0.05) is 37.1 Å². The molecule has 0 radical (unpaired) electrons. The van der Waals surface area contributed by atoms with E-state index in [1.807, 2.05) is 18.4 Å². The molecule has 4 heteroatoms. The Morgan fingerprint density at radius 3 is 2.59 bits per heavy atom. The van der Waals surface area contributed by atoms with E-state index < -0.39 is 0 Å². The number of nitrogens with one attached hydrogen (secondary N) is 1. The van der Waals surface area contributed by atoms with Crippen molar-refractivity contribution in [1.29, 1.82) is 0 Å². The smallest absolute Gasteiger partial charge is 0.266 e. The van der Waals surface area contributed by atoms with Gasteiger partial charge in [-0.25, -0.2) is 0 Å². The van der Waals surface area contributed by atoms with Gasteiger partial charge in [0.25, 0.3) is 5.56 Å². The SMILES string of the molecule is Cc1cc(O)c(-c2ccc(C3CCCC3)cc2)c2c1[nH]c(=O)c1sccc12. The number of benzene rings is 2. The fraction of sp³-hybridized carbons (Fsp3) is 0.261. The van der Waals surface area contributed by atoms with Gasteiger partial charge in [0.05, 0.1) is 5.52 Å². The Balaban J connectivity index is 1.77. The second-order valence-corrected chi connectivity index (χ2v) is 8.47. The second kappa shape index (κ2) is 6.24. The van der Waals surface area contributed by atoms with Gasteiger partial charge in [0.1, 0.15) is 10.4 Å². The highest BCUT2D eigenvalue weighted by molar-refractivity contribution is 7.17. The third-order valence-electron chi connectivity index (χ3n) is 5.91.